The van der Waals surface area contributed by atoms with E-state index < -0.39 is 0 Å². The van der Waals surface area contributed by atoms with E-state index in [1.807, 2.05) is 29.6 Å². The van der Waals surface area contributed by atoms with Crippen LogP contribution in [0.5, 0.6) is 0 Å². The van der Waals surface area contributed by atoms with Gasteiger partial charge in [0.25, 0.3) is 0 Å². The number of nitrogens with zero attached hydrogens (tertiary/aromatic N) is 1. The van der Waals surface area contributed by atoms with Gasteiger partial charge in [0.05, 0.1) is 5.69 Å². The Hall–Kier alpha value is -1.81. The lowest BCUT2D eigenvalue weighted by molar-refractivity contribution is -0.116. The molecule has 0 amide bonds. The normalized spacial score (nSPS) is 10.4. The third-order valence-corrected chi connectivity index (χ3v) is 3.66. The second-order valence-corrected chi connectivity index (χ2v) is 5.28. The second kappa shape index (κ2) is 6.38. The summed E-state index contributed by atoms with van der Waals surface area (Å²) in [5.41, 5.74) is 3.03. The summed E-state index contributed by atoms with van der Waals surface area (Å²) >= 11 is 1.58. The van der Waals surface area contributed by atoms with Crippen LogP contribution in [0.15, 0.2) is 29.6 Å². The summed E-state index contributed by atoms with van der Waals surface area (Å²) < 4.78 is 0. The molecule has 0 saturated carbocycles. The molecule has 0 aliphatic heterocycles. The van der Waals surface area contributed by atoms with Crippen LogP contribution < -0.4 is 0 Å². The van der Waals surface area contributed by atoms with Gasteiger partial charge in [-0.1, -0.05) is 24.3 Å². The summed E-state index contributed by atoms with van der Waals surface area (Å²) in [6.45, 7) is 1.59. The third kappa shape index (κ3) is 3.83. The first kappa shape index (κ1) is 13.6. The van der Waals surface area contributed by atoms with Gasteiger partial charge in [-0.05, 0) is 18.9 Å². The fourth-order valence-corrected chi connectivity index (χ4v) is 2.67. The van der Waals surface area contributed by atoms with Crippen LogP contribution in [-0.4, -0.2) is 17.1 Å². The standard InChI is InChI=1S/C15H15NO2S/c1-11(18)9-12-4-6-13(7-5-12)15-16-14(10-19-15)3-2-8-17/h4-8,10H,2-3,9H2,1H3. The molecule has 1 heterocycles. The number of aromatic nitrogens is 1. The van der Waals surface area contributed by atoms with Crippen LogP contribution in [0.4, 0.5) is 0 Å². The van der Waals surface area contributed by atoms with E-state index in [1.54, 1.807) is 18.3 Å². The molecule has 0 bridgehead atoms. The molecule has 0 fully saturated rings. The summed E-state index contributed by atoms with van der Waals surface area (Å²) in [7, 11) is 0. The van der Waals surface area contributed by atoms with Gasteiger partial charge in [-0.25, -0.2) is 4.98 Å². The monoisotopic (exact) mass is 273 g/mol. The molecular weight excluding hydrogens is 258 g/mol. The quantitative estimate of drug-likeness (QED) is 0.760. The van der Waals surface area contributed by atoms with Crippen LogP contribution in [0.1, 0.15) is 24.6 Å². The molecule has 0 radical (unpaired) electrons. The smallest absolute Gasteiger partial charge is 0.134 e. The summed E-state index contributed by atoms with van der Waals surface area (Å²) in [4.78, 5) is 25.9. The van der Waals surface area contributed by atoms with Crippen molar-refractivity contribution in [2.75, 3.05) is 0 Å². The summed E-state index contributed by atoms with van der Waals surface area (Å²) in [6.07, 6.45) is 2.60. The number of Topliss-reactive ketones (excluding diaryl/α,β-unsaturated/α-hetero) is 1. The van der Waals surface area contributed by atoms with Crippen LogP contribution in [0.2, 0.25) is 0 Å². The van der Waals surface area contributed by atoms with Crippen molar-refractivity contribution in [3.63, 3.8) is 0 Å². The molecule has 0 N–H and O–H groups in total. The van der Waals surface area contributed by atoms with E-state index >= 15 is 0 Å². The van der Waals surface area contributed by atoms with Gasteiger partial charge in [-0.2, -0.15) is 0 Å². The van der Waals surface area contributed by atoms with E-state index in [0.717, 1.165) is 28.1 Å². The molecule has 0 saturated heterocycles. The molecule has 1 aromatic heterocycles. The van der Waals surface area contributed by atoms with E-state index in [4.69, 9.17) is 0 Å². The lowest BCUT2D eigenvalue weighted by atomic mass is 10.1. The summed E-state index contributed by atoms with van der Waals surface area (Å²) in [6, 6.07) is 7.90. The average Bonchev–Trinajstić information content (AvgIpc) is 2.85. The van der Waals surface area contributed by atoms with E-state index in [-0.39, 0.29) is 5.78 Å². The number of carbonyl (C=O) groups excluding carboxylic acids is 2. The highest BCUT2D eigenvalue weighted by atomic mass is 32.1. The van der Waals surface area contributed by atoms with E-state index in [2.05, 4.69) is 4.98 Å². The van der Waals surface area contributed by atoms with Gasteiger partial charge in [0.1, 0.15) is 17.1 Å². The Morgan fingerprint density at radius 1 is 1.32 bits per heavy atom. The van der Waals surface area contributed by atoms with Crippen LogP contribution in [0.25, 0.3) is 10.6 Å². The molecule has 2 rings (SSSR count). The molecular formula is C15H15NO2S. The molecule has 1 aromatic carbocycles. The molecule has 0 unspecified atom stereocenters. The number of benzene rings is 1. The number of ketones is 1. The minimum atomic E-state index is 0.165. The van der Waals surface area contributed by atoms with Crippen molar-refractivity contribution < 1.29 is 9.59 Å². The zero-order valence-corrected chi connectivity index (χ0v) is 11.6. The first-order valence-corrected chi connectivity index (χ1v) is 7.04. The van der Waals surface area contributed by atoms with Crippen molar-refractivity contribution in [3.05, 3.63) is 40.9 Å². The SMILES string of the molecule is CC(=O)Cc1ccc(-c2nc(CCC=O)cs2)cc1. The Kier molecular flexibility index (Phi) is 4.58. The molecule has 19 heavy (non-hydrogen) atoms. The number of hydrogen-bond acceptors (Lipinski definition) is 4. The average molecular weight is 273 g/mol. The van der Waals surface area contributed by atoms with Crippen LogP contribution in [0.3, 0.4) is 0 Å². The fraction of sp³-hybridized carbons (Fsp3) is 0.267. The van der Waals surface area contributed by atoms with Crippen LogP contribution in [0, 0.1) is 0 Å². The first-order valence-electron chi connectivity index (χ1n) is 6.16. The minimum Gasteiger partial charge on any atom is -0.303 e. The Balaban J connectivity index is 2.10. The van der Waals surface area contributed by atoms with E-state index in [9.17, 15) is 9.59 Å². The van der Waals surface area contributed by atoms with Crippen molar-refractivity contribution in [1.29, 1.82) is 0 Å². The lowest BCUT2D eigenvalue weighted by Crippen LogP contribution is -1.95. The number of rotatable bonds is 6. The fourth-order valence-electron chi connectivity index (χ4n) is 1.81. The Bertz CT molecular complexity index is 572. The highest BCUT2D eigenvalue weighted by molar-refractivity contribution is 7.13. The van der Waals surface area contributed by atoms with Gasteiger partial charge >= 0.3 is 0 Å². The molecule has 0 aliphatic carbocycles. The topological polar surface area (TPSA) is 47.0 Å². The second-order valence-electron chi connectivity index (χ2n) is 4.43. The number of hydrogen-bond donors (Lipinski definition) is 0. The maximum atomic E-state index is 11.0. The van der Waals surface area contributed by atoms with Crippen molar-refractivity contribution in [1.82, 2.24) is 4.98 Å². The summed E-state index contributed by atoms with van der Waals surface area (Å²) in [5.74, 6) is 0.165. The molecule has 4 heteroatoms. The molecule has 3 nitrogen and oxygen atoms in total. The number of aldehydes is 1. The number of carbonyl (C=O) groups is 2. The predicted octanol–water partition coefficient (Wildman–Crippen LogP) is 3.07. The zero-order valence-electron chi connectivity index (χ0n) is 10.8. The maximum Gasteiger partial charge on any atom is 0.134 e. The zero-order chi connectivity index (χ0) is 13.7. The van der Waals surface area contributed by atoms with Gasteiger partial charge in [0.2, 0.25) is 0 Å². The van der Waals surface area contributed by atoms with Crippen LogP contribution >= 0.6 is 11.3 Å². The van der Waals surface area contributed by atoms with Gasteiger partial charge in [-0.3, -0.25) is 4.79 Å². The molecule has 2 aromatic rings. The molecule has 98 valence electrons. The third-order valence-electron chi connectivity index (χ3n) is 2.72. The first-order chi connectivity index (χ1) is 9.19. The minimum absolute atomic E-state index is 0.165. The van der Waals surface area contributed by atoms with Gasteiger partial charge < -0.3 is 4.79 Å². The Labute approximate surface area is 116 Å². The maximum absolute atomic E-state index is 11.0. The highest BCUT2D eigenvalue weighted by Gasteiger charge is 2.05. The van der Waals surface area contributed by atoms with Crippen molar-refractivity contribution in [2.24, 2.45) is 0 Å². The molecule has 0 spiro atoms. The molecule has 0 aliphatic rings. The number of aryl methyl sites for hydroxylation is 1. The Morgan fingerprint density at radius 2 is 2.05 bits per heavy atom. The van der Waals surface area contributed by atoms with Crippen molar-refractivity contribution in [2.45, 2.75) is 26.2 Å². The lowest BCUT2D eigenvalue weighted by Gasteiger charge is -2.00. The van der Waals surface area contributed by atoms with Crippen LogP contribution in [-0.2, 0) is 22.4 Å². The Morgan fingerprint density at radius 3 is 2.68 bits per heavy atom. The predicted molar refractivity (Wildman–Crippen MR) is 76.3 cm³/mol. The van der Waals surface area contributed by atoms with Gasteiger partial charge in [-0.15, -0.1) is 11.3 Å². The van der Waals surface area contributed by atoms with E-state index in [0.29, 0.717) is 19.3 Å². The number of thiazole rings is 1. The highest BCUT2D eigenvalue weighted by Crippen LogP contribution is 2.24. The van der Waals surface area contributed by atoms with Gasteiger partial charge in [0.15, 0.2) is 0 Å². The largest absolute Gasteiger partial charge is 0.303 e. The molecule has 0 atom stereocenters. The summed E-state index contributed by atoms with van der Waals surface area (Å²) in [5, 5.41) is 2.94. The van der Waals surface area contributed by atoms with Crippen molar-refractivity contribution >= 4 is 23.4 Å². The van der Waals surface area contributed by atoms with E-state index in [1.165, 1.54) is 0 Å². The van der Waals surface area contributed by atoms with Gasteiger partial charge in [0, 0.05) is 23.8 Å². The van der Waals surface area contributed by atoms with Crippen molar-refractivity contribution in [3.8, 4) is 10.6 Å².